The van der Waals surface area contributed by atoms with Gasteiger partial charge in [0.25, 0.3) is 5.91 Å². The number of likely N-dealkylation sites (tertiary alicyclic amines) is 1. The summed E-state index contributed by atoms with van der Waals surface area (Å²) in [5, 5.41) is 14.3. The molecule has 4 saturated heterocycles. The van der Waals surface area contributed by atoms with Crippen molar-refractivity contribution in [2.24, 2.45) is 0 Å². The van der Waals surface area contributed by atoms with Gasteiger partial charge in [0.2, 0.25) is 0 Å². The van der Waals surface area contributed by atoms with E-state index in [-0.39, 0.29) is 30.1 Å². The normalized spacial score (nSPS) is 34.3. The molecule has 2 bridgehead atoms. The van der Waals surface area contributed by atoms with Crippen LogP contribution in [0.5, 0.6) is 0 Å². The van der Waals surface area contributed by atoms with Gasteiger partial charge in [-0.3, -0.25) is 14.5 Å². The highest BCUT2D eigenvalue weighted by molar-refractivity contribution is 7.75. The molecule has 11 heteroatoms. The van der Waals surface area contributed by atoms with Gasteiger partial charge in [-0.25, -0.2) is 14.6 Å². The number of rotatable bonds is 6. The fourth-order valence-corrected chi connectivity index (χ4v) is 4.95. The van der Waals surface area contributed by atoms with Gasteiger partial charge in [0, 0.05) is 51.2 Å². The Morgan fingerprint density at radius 3 is 2.79 bits per heavy atom. The molecule has 0 aliphatic carbocycles. The van der Waals surface area contributed by atoms with Gasteiger partial charge in [-0.2, -0.15) is 5.06 Å². The molecule has 0 radical (unpaired) electrons. The number of carbonyl (C=O) groups is 2. The molecular weight excluding hydrogens is 386 g/mol. The van der Waals surface area contributed by atoms with E-state index in [0.717, 1.165) is 38.9 Å². The van der Waals surface area contributed by atoms with Crippen molar-refractivity contribution in [2.75, 3.05) is 32.8 Å². The van der Waals surface area contributed by atoms with Crippen LogP contribution in [0.2, 0.25) is 0 Å². The number of hydrogen-bond donors (Lipinski definition) is 4. The third-order valence-corrected chi connectivity index (χ3v) is 6.56. The molecular formula is C17H29N5O5S. The van der Waals surface area contributed by atoms with Crippen LogP contribution in [-0.4, -0.2) is 95.0 Å². The maximum Gasteiger partial charge on any atom is 0.345 e. The van der Waals surface area contributed by atoms with Crippen LogP contribution >= 0.6 is 12.9 Å². The Bertz CT molecular complexity index is 590. The van der Waals surface area contributed by atoms with Crippen molar-refractivity contribution in [3.8, 4) is 0 Å². The highest BCUT2D eigenvalue weighted by Gasteiger charge is 2.48. The molecule has 2 unspecified atom stereocenters. The van der Waals surface area contributed by atoms with E-state index in [0.29, 0.717) is 32.0 Å². The van der Waals surface area contributed by atoms with Crippen molar-refractivity contribution in [3.63, 3.8) is 0 Å². The number of fused-ring (bicyclic) bond motifs is 2. The standard InChI is InChI=1S/C17H29N5O5S/c23-14-3-5-20(6-4-14)13-7-11(18-8-13)10-26-19-16(24)15-2-1-12-9-21(15)17(25)22(12)27-28/h11-15,18,23,28H,1-10H2,(H,19,24)/t11-,12?,13+,15?/m1/s1. The fraction of sp³-hybridized carbons (Fsp3) is 0.882. The second-order valence-electron chi connectivity index (χ2n) is 8.13. The van der Waals surface area contributed by atoms with Gasteiger partial charge in [0.15, 0.2) is 0 Å². The molecule has 4 rings (SSSR count). The molecule has 28 heavy (non-hydrogen) atoms. The topological polar surface area (TPSA) is 107 Å². The summed E-state index contributed by atoms with van der Waals surface area (Å²) in [6.07, 6.45) is 3.72. The van der Waals surface area contributed by atoms with E-state index in [4.69, 9.17) is 9.12 Å². The van der Waals surface area contributed by atoms with Crippen LogP contribution in [0.4, 0.5) is 4.79 Å². The Hall–Kier alpha value is -1.11. The van der Waals surface area contributed by atoms with Crippen molar-refractivity contribution >= 4 is 24.8 Å². The molecule has 10 nitrogen and oxygen atoms in total. The quantitative estimate of drug-likeness (QED) is 0.257. The third kappa shape index (κ3) is 4.10. The minimum Gasteiger partial charge on any atom is -0.393 e. The number of urea groups is 1. The van der Waals surface area contributed by atoms with Crippen LogP contribution < -0.4 is 10.8 Å². The SMILES string of the molecule is O=C(NOC[C@H]1C[C@H](N2CCC(O)CC2)CN1)C1CCC2CN1C(=O)N2OS. The highest BCUT2D eigenvalue weighted by Crippen LogP contribution is 2.30. The van der Waals surface area contributed by atoms with Crippen molar-refractivity contribution < 1.29 is 23.8 Å². The predicted molar refractivity (Wildman–Crippen MR) is 102 cm³/mol. The van der Waals surface area contributed by atoms with Crippen molar-refractivity contribution in [2.45, 2.75) is 62.4 Å². The summed E-state index contributed by atoms with van der Waals surface area (Å²) in [5.41, 5.74) is 2.52. The summed E-state index contributed by atoms with van der Waals surface area (Å²) in [6.45, 7) is 3.60. The molecule has 0 aromatic rings. The number of aliphatic hydroxyl groups excluding tert-OH is 1. The van der Waals surface area contributed by atoms with Gasteiger partial charge in [-0.15, -0.1) is 0 Å². The summed E-state index contributed by atoms with van der Waals surface area (Å²) < 4.78 is 4.83. The molecule has 3 N–H and O–H groups in total. The number of carbonyl (C=O) groups excluding carboxylic acids is 2. The minimum atomic E-state index is -0.540. The maximum absolute atomic E-state index is 12.5. The first-order chi connectivity index (χ1) is 13.6. The molecule has 4 aliphatic rings. The Labute approximate surface area is 170 Å². The summed E-state index contributed by atoms with van der Waals surface area (Å²) in [7, 11) is 0. The minimum absolute atomic E-state index is 0.0505. The van der Waals surface area contributed by atoms with Gasteiger partial charge in [0.05, 0.1) is 18.8 Å². The zero-order valence-electron chi connectivity index (χ0n) is 15.8. The van der Waals surface area contributed by atoms with Gasteiger partial charge in [-0.05, 0) is 32.1 Å². The molecule has 0 aromatic carbocycles. The van der Waals surface area contributed by atoms with Gasteiger partial charge in [0.1, 0.15) is 6.04 Å². The highest BCUT2D eigenvalue weighted by atomic mass is 32.1. The number of nitrogens with one attached hydrogen (secondary N) is 2. The van der Waals surface area contributed by atoms with Crippen LogP contribution in [0.3, 0.4) is 0 Å². The number of aliphatic hydroxyl groups is 1. The average Bonchev–Trinajstić information content (AvgIpc) is 3.26. The number of thiol groups is 1. The predicted octanol–water partition coefficient (Wildman–Crippen LogP) is -0.734. The van der Waals surface area contributed by atoms with Gasteiger partial charge in [-0.1, -0.05) is 0 Å². The molecule has 158 valence electrons. The van der Waals surface area contributed by atoms with E-state index in [1.807, 2.05) is 0 Å². The molecule has 0 saturated carbocycles. The first-order valence-electron chi connectivity index (χ1n) is 10.1. The zero-order valence-corrected chi connectivity index (χ0v) is 16.7. The van der Waals surface area contributed by atoms with E-state index in [1.165, 1.54) is 9.96 Å². The van der Waals surface area contributed by atoms with E-state index in [1.54, 1.807) is 0 Å². The number of hydroxylamine groups is 3. The molecule has 4 aliphatic heterocycles. The van der Waals surface area contributed by atoms with Crippen LogP contribution in [0, 0.1) is 0 Å². The van der Waals surface area contributed by atoms with E-state index >= 15 is 0 Å². The van der Waals surface area contributed by atoms with Crippen molar-refractivity contribution in [1.29, 1.82) is 0 Å². The van der Waals surface area contributed by atoms with Crippen LogP contribution in [0.25, 0.3) is 0 Å². The fourth-order valence-electron chi connectivity index (χ4n) is 4.75. The lowest BCUT2D eigenvalue weighted by molar-refractivity contribution is -0.139. The lowest BCUT2D eigenvalue weighted by atomic mass is 10.0. The molecule has 0 spiro atoms. The van der Waals surface area contributed by atoms with Gasteiger partial charge >= 0.3 is 6.03 Å². The molecule has 0 aromatic heterocycles. The van der Waals surface area contributed by atoms with Crippen LogP contribution in [0.15, 0.2) is 0 Å². The number of piperidine rings is 2. The third-order valence-electron chi connectivity index (χ3n) is 6.38. The number of hydrogen-bond acceptors (Lipinski definition) is 8. The average molecular weight is 416 g/mol. The Balaban J connectivity index is 1.19. The summed E-state index contributed by atoms with van der Waals surface area (Å²) in [5.74, 6) is -0.299. The number of nitrogens with zero attached hydrogens (tertiary/aromatic N) is 3. The number of amides is 3. The molecule has 4 heterocycles. The lowest BCUT2D eigenvalue weighted by Crippen LogP contribution is -2.50. The molecule has 4 fully saturated rings. The zero-order chi connectivity index (χ0) is 19.7. The maximum atomic E-state index is 12.5. The summed E-state index contributed by atoms with van der Waals surface area (Å²) in [4.78, 5) is 34.1. The van der Waals surface area contributed by atoms with E-state index in [2.05, 4.69) is 28.6 Å². The second-order valence-corrected chi connectivity index (χ2v) is 8.29. The lowest BCUT2D eigenvalue weighted by Gasteiger charge is -2.34. The van der Waals surface area contributed by atoms with Crippen LogP contribution in [0.1, 0.15) is 32.1 Å². The second kappa shape index (κ2) is 8.72. The Kier molecular flexibility index (Phi) is 6.28. The molecule has 4 atom stereocenters. The van der Waals surface area contributed by atoms with Gasteiger partial charge < -0.3 is 15.3 Å². The smallest absolute Gasteiger partial charge is 0.345 e. The first-order valence-corrected chi connectivity index (χ1v) is 10.4. The monoisotopic (exact) mass is 415 g/mol. The van der Waals surface area contributed by atoms with Crippen LogP contribution in [-0.2, 0) is 13.9 Å². The van der Waals surface area contributed by atoms with Crippen molar-refractivity contribution in [3.05, 3.63) is 0 Å². The summed E-state index contributed by atoms with van der Waals surface area (Å²) in [6, 6.07) is -0.299. The first kappa shape index (κ1) is 20.2. The van der Waals surface area contributed by atoms with Crippen molar-refractivity contribution in [1.82, 2.24) is 25.7 Å². The largest absolute Gasteiger partial charge is 0.393 e. The summed E-state index contributed by atoms with van der Waals surface area (Å²) >= 11 is 3.72. The Morgan fingerprint density at radius 2 is 2.04 bits per heavy atom. The van der Waals surface area contributed by atoms with E-state index in [9.17, 15) is 14.7 Å². The van der Waals surface area contributed by atoms with E-state index < -0.39 is 6.04 Å². The Morgan fingerprint density at radius 1 is 1.25 bits per heavy atom. The molecule has 3 amide bonds.